The Balaban J connectivity index is 1.27. The molecule has 2 aromatic heterocycles. The van der Waals surface area contributed by atoms with Gasteiger partial charge in [0.15, 0.2) is 5.82 Å². The maximum Gasteiger partial charge on any atom is 0.261 e. The zero-order valence-electron chi connectivity index (χ0n) is 16.8. The molecular formula is C22H27N3O3S. The van der Waals surface area contributed by atoms with E-state index in [2.05, 4.69) is 15.5 Å². The van der Waals surface area contributed by atoms with E-state index in [1.165, 1.54) is 44.1 Å². The van der Waals surface area contributed by atoms with Crippen molar-refractivity contribution in [3.63, 3.8) is 0 Å². The lowest BCUT2D eigenvalue weighted by Crippen LogP contribution is -2.47. The van der Waals surface area contributed by atoms with Gasteiger partial charge in [0.2, 0.25) is 5.91 Å². The summed E-state index contributed by atoms with van der Waals surface area (Å²) in [6.07, 6.45) is 9.41. The predicted octanol–water partition coefficient (Wildman–Crippen LogP) is 4.72. The molecule has 0 saturated heterocycles. The zero-order chi connectivity index (χ0) is 19.6. The topological polar surface area (TPSA) is 77.2 Å². The van der Waals surface area contributed by atoms with Crippen LogP contribution in [0, 0.1) is 30.1 Å². The van der Waals surface area contributed by atoms with Gasteiger partial charge in [0.1, 0.15) is 5.00 Å². The van der Waals surface area contributed by atoms with E-state index in [1.807, 2.05) is 6.92 Å². The molecule has 4 fully saturated rings. The molecule has 6 nitrogen and oxygen atoms in total. The van der Waals surface area contributed by atoms with Crippen molar-refractivity contribution < 1.29 is 14.1 Å². The number of anilines is 1. The van der Waals surface area contributed by atoms with Gasteiger partial charge in [0, 0.05) is 11.3 Å². The van der Waals surface area contributed by atoms with E-state index in [9.17, 15) is 4.79 Å². The molecule has 0 radical (unpaired) electrons. The van der Waals surface area contributed by atoms with Crippen molar-refractivity contribution >= 4 is 22.2 Å². The summed E-state index contributed by atoms with van der Waals surface area (Å²) in [5.74, 6) is 3.83. The van der Waals surface area contributed by atoms with Gasteiger partial charge >= 0.3 is 0 Å². The minimum absolute atomic E-state index is 0.143. The van der Waals surface area contributed by atoms with Crippen molar-refractivity contribution in [3.8, 4) is 11.5 Å². The molecule has 1 N–H and O–H groups in total. The Morgan fingerprint density at radius 2 is 1.93 bits per heavy atom. The minimum Gasteiger partial charge on any atom is -0.376 e. The molecule has 4 bridgehead atoms. The Morgan fingerprint density at radius 1 is 1.21 bits per heavy atom. The summed E-state index contributed by atoms with van der Waals surface area (Å²) in [6, 6.07) is 0. The average Bonchev–Trinajstić information content (AvgIpc) is 3.22. The van der Waals surface area contributed by atoms with E-state index in [0.29, 0.717) is 31.3 Å². The summed E-state index contributed by atoms with van der Waals surface area (Å²) >= 11 is 1.60. The van der Waals surface area contributed by atoms with Crippen LogP contribution >= 0.6 is 11.3 Å². The molecule has 154 valence electrons. The first-order chi connectivity index (χ1) is 14.1. The van der Waals surface area contributed by atoms with Crippen LogP contribution in [0.5, 0.6) is 0 Å². The van der Waals surface area contributed by atoms with Gasteiger partial charge in [0.25, 0.3) is 5.89 Å². The van der Waals surface area contributed by atoms with Crippen molar-refractivity contribution in [2.24, 2.45) is 23.2 Å². The second-order valence-electron chi connectivity index (χ2n) is 9.80. The number of amides is 1. The number of aryl methyl sites for hydroxylation is 1. The van der Waals surface area contributed by atoms with E-state index in [-0.39, 0.29) is 11.3 Å². The molecule has 3 heterocycles. The number of thiophene rings is 1. The molecule has 0 unspecified atom stereocenters. The standard InChI is InChI=1S/C22H27N3O3S/c1-12-23-20(28-25-12)19-16-2-3-27-11-17(16)29-21(19)24-18(26)10-22-7-13-4-14(8-22)6-15(5-13)9-22/h13-15H,2-11H2,1H3,(H,24,26). The van der Waals surface area contributed by atoms with E-state index in [0.717, 1.165) is 39.6 Å². The molecule has 4 aliphatic carbocycles. The second kappa shape index (κ2) is 6.64. The summed E-state index contributed by atoms with van der Waals surface area (Å²) < 4.78 is 11.1. The van der Waals surface area contributed by atoms with Gasteiger partial charge in [-0.3, -0.25) is 4.79 Å². The van der Waals surface area contributed by atoms with Crippen molar-refractivity contribution in [1.29, 1.82) is 0 Å². The van der Waals surface area contributed by atoms with Crippen molar-refractivity contribution in [2.75, 3.05) is 11.9 Å². The molecule has 5 aliphatic rings. The molecule has 1 amide bonds. The molecular weight excluding hydrogens is 386 g/mol. The maximum absolute atomic E-state index is 13.2. The van der Waals surface area contributed by atoms with Crippen molar-refractivity contribution in [2.45, 2.75) is 64.9 Å². The first-order valence-electron chi connectivity index (χ1n) is 10.9. The van der Waals surface area contributed by atoms with Crippen LogP contribution in [0.1, 0.15) is 61.2 Å². The first-order valence-corrected chi connectivity index (χ1v) is 11.7. The lowest BCUT2D eigenvalue weighted by molar-refractivity contribution is -0.124. The third-order valence-electron chi connectivity index (χ3n) is 7.52. The second-order valence-corrected chi connectivity index (χ2v) is 10.9. The number of aromatic nitrogens is 2. The largest absolute Gasteiger partial charge is 0.376 e. The summed E-state index contributed by atoms with van der Waals surface area (Å²) in [4.78, 5) is 18.8. The summed E-state index contributed by atoms with van der Waals surface area (Å²) in [6.45, 7) is 3.09. The maximum atomic E-state index is 13.2. The fourth-order valence-corrected chi connectivity index (χ4v) is 8.16. The minimum atomic E-state index is 0.143. The molecule has 0 spiro atoms. The van der Waals surface area contributed by atoms with E-state index >= 15 is 0 Å². The monoisotopic (exact) mass is 413 g/mol. The van der Waals surface area contributed by atoms with Crippen LogP contribution in [0.4, 0.5) is 5.00 Å². The highest BCUT2D eigenvalue weighted by atomic mass is 32.1. The van der Waals surface area contributed by atoms with Crippen LogP contribution < -0.4 is 5.32 Å². The molecule has 1 aliphatic heterocycles. The number of rotatable bonds is 4. The number of nitrogens with one attached hydrogen (secondary N) is 1. The molecule has 4 saturated carbocycles. The number of carbonyl (C=O) groups is 1. The number of ether oxygens (including phenoxy) is 1. The summed E-state index contributed by atoms with van der Waals surface area (Å²) in [5.41, 5.74) is 2.34. The van der Waals surface area contributed by atoms with Gasteiger partial charge in [-0.05, 0) is 80.6 Å². The molecule has 7 rings (SSSR count). The lowest BCUT2D eigenvalue weighted by atomic mass is 9.49. The average molecular weight is 414 g/mol. The predicted molar refractivity (Wildman–Crippen MR) is 110 cm³/mol. The molecule has 7 heteroatoms. The summed E-state index contributed by atoms with van der Waals surface area (Å²) in [5, 5.41) is 8.06. The normalized spacial score (nSPS) is 32.4. The molecule has 0 aromatic carbocycles. The van der Waals surface area contributed by atoms with Crippen LogP contribution in [0.2, 0.25) is 0 Å². The highest BCUT2D eigenvalue weighted by Gasteiger charge is 2.51. The highest BCUT2D eigenvalue weighted by molar-refractivity contribution is 7.17. The number of hydrogen-bond donors (Lipinski definition) is 1. The van der Waals surface area contributed by atoms with E-state index in [1.54, 1.807) is 11.3 Å². The Bertz CT molecular complexity index is 927. The number of nitrogens with zero attached hydrogens (tertiary/aromatic N) is 2. The van der Waals surface area contributed by atoms with Gasteiger partial charge in [-0.1, -0.05) is 5.16 Å². The van der Waals surface area contributed by atoms with Crippen molar-refractivity contribution in [1.82, 2.24) is 10.1 Å². The third-order valence-corrected chi connectivity index (χ3v) is 8.64. The van der Waals surface area contributed by atoms with Gasteiger partial charge in [0.05, 0.1) is 18.8 Å². The Morgan fingerprint density at radius 3 is 2.59 bits per heavy atom. The smallest absolute Gasteiger partial charge is 0.261 e. The number of hydrogen-bond acceptors (Lipinski definition) is 6. The van der Waals surface area contributed by atoms with Gasteiger partial charge in [-0.2, -0.15) is 4.98 Å². The first kappa shape index (κ1) is 18.1. The number of carbonyl (C=O) groups excluding carboxylic acids is 1. The van der Waals surface area contributed by atoms with Gasteiger partial charge in [-0.15, -0.1) is 11.3 Å². The quantitative estimate of drug-likeness (QED) is 0.784. The highest BCUT2D eigenvalue weighted by Crippen LogP contribution is 2.61. The third kappa shape index (κ3) is 3.13. The fourth-order valence-electron chi connectivity index (χ4n) is 6.96. The molecule has 2 aromatic rings. The summed E-state index contributed by atoms with van der Waals surface area (Å²) in [7, 11) is 0. The van der Waals surface area contributed by atoms with E-state index < -0.39 is 0 Å². The number of fused-ring (bicyclic) bond motifs is 1. The van der Waals surface area contributed by atoms with Crippen LogP contribution in [0.25, 0.3) is 11.5 Å². The van der Waals surface area contributed by atoms with Gasteiger partial charge in [-0.25, -0.2) is 0 Å². The van der Waals surface area contributed by atoms with Gasteiger partial charge < -0.3 is 14.6 Å². The van der Waals surface area contributed by atoms with Crippen molar-refractivity contribution in [3.05, 3.63) is 16.3 Å². The molecule has 29 heavy (non-hydrogen) atoms. The van der Waals surface area contributed by atoms with Crippen LogP contribution in [-0.4, -0.2) is 22.7 Å². The Labute approximate surface area is 174 Å². The zero-order valence-corrected chi connectivity index (χ0v) is 17.6. The van der Waals surface area contributed by atoms with Crippen LogP contribution in [-0.2, 0) is 22.6 Å². The Hall–Kier alpha value is -1.73. The lowest BCUT2D eigenvalue weighted by Gasteiger charge is -2.56. The van der Waals surface area contributed by atoms with Crippen LogP contribution in [0.3, 0.4) is 0 Å². The Kier molecular flexibility index (Phi) is 4.14. The fraction of sp³-hybridized carbons (Fsp3) is 0.682. The molecule has 0 atom stereocenters. The van der Waals surface area contributed by atoms with Crippen LogP contribution in [0.15, 0.2) is 4.52 Å². The SMILES string of the molecule is Cc1noc(-c2c(NC(=O)CC34CC5CC(CC(C5)C3)C4)sc3c2CCOC3)n1. The van der Waals surface area contributed by atoms with E-state index in [4.69, 9.17) is 9.26 Å².